The topological polar surface area (TPSA) is 58.6 Å². The van der Waals surface area contributed by atoms with Crippen LogP contribution in [-0.2, 0) is 9.53 Å². The summed E-state index contributed by atoms with van der Waals surface area (Å²) in [4.78, 5) is 10.9. The third kappa shape index (κ3) is 3.19. The SMILES string of the molecule is O=C(O)C1CCCC(NCC2CCCO2)C1. The molecule has 16 heavy (non-hydrogen) atoms. The van der Waals surface area contributed by atoms with Gasteiger partial charge in [-0.25, -0.2) is 0 Å². The van der Waals surface area contributed by atoms with Gasteiger partial charge in [-0.3, -0.25) is 4.79 Å². The molecule has 4 heteroatoms. The van der Waals surface area contributed by atoms with E-state index in [1.165, 1.54) is 0 Å². The minimum atomic E-state index is -0.636. The van der Waals surface area contributed by atoms with Crippen molar-refractivity contribution in [1.82, 2.24) is 5.32 Å². The fourth-order valence-electron chi connectivity index (χ4n) is 2.70. The maximum atomic E-state index is 10.9. The molecule has 3 unspecified atom stereocenters. The molecule has 1 saturated carbocycles. The largest absolute Gasteiger partial charge is 0.481 e. The van der Waals surface area contributed by atoms with Crippen LogP contribution in [0.4, 0.5) is 0 Å². The molecule has 0 bridgehead atoms. The fourth-order valence-corrected chi connectivity index (χ4v) is 2.70. The summed E-state index contributed by atoms with van der Waals surface area (Å²) in [5.74, 6) is -0.778. The number of carboxylic acid groups (broad SMARTS) is 1. The molecule has 92 valence electrons. The summed E-state index contributed by atoms with van der Waals surface area (Å²) < 4.78 is 5.54. The maximum absolute atomic E-state index is 10.9. The first-order chi connectivity index (χ1) is 7.75. The molecule has 0 amide bonds. The van der Waals surface area contributed by atoms with Gasteiger partial charge in [0.2, 0.25) is 0 Å². The van der Waals surface area contributed by atoms with E-state index in [1.54, 1.807) is 0 Å². The predicted octanol–water partition coefficient (Wildman–Crippen LogP) is 1.40. The van der Waals surface area contributed by atoms with E-state index in [2.05, 4.69) is 5.32 Å². The number of rotatable bonds is 4. The van der Waals surface area contributed by atoms with Crippen LogP contribution in [0.3, 0.4) is 0 Å². The zero-order valence-electron chi connectivity index (χ0n) is 9.65. The van der Waals surface area contributed by atoms with Crippen LogP contribution >= 0.6 is 0 Å². The Kier molecular flexibility index (Phi) is 4.18. The van der Waals surface area contributed by atoms with Crippen LogP contribution in [0.1, 0.15) is 38.5 Å². The Morgan fingerprint density at radius 1 is 1.31 bits per heavy atom. The van der Waals surface area contributed by atoms with Crippen molar-refractivity contribution < 1.29 is 14.6 Å². The second kappa shape index (κ2) is 5.64. The first kappa shape index (κ1) is 11.9. The monoisotopic (exact) mass is 227 g/mol. The highest BCUT2D eigenvalue weighted by Crippen LogP contribution is 2.24. The summed E-state index contributed by atoms with van der Waals surface area (Å²) in [7, 11) is 0. The molecule has 2 fully saturated rings. The normalized spacial score (nSPS) is 35.1. The van der Waals surface area contributed by atoms with Gasteiger partial charge in [-0.15, -0.1) is 0 Å². The van der Waals surface area contributed by atoms with Crippen molar-refractivity contribution in [3.05, 3.63) is 0 Å². The van der Waals surface area contributed by atoms with Crippen LogP contribution in [0.15, 0.2) is 0 Å². The number of nitrogens with one attached hydrogen (secondary N) is 1. The molecular formula is C12H21NO3. The lowest BCUT2D eigenvalue weighted by Gasteiger charge is -2.28. The highest BCUT2D eigenvalue weighted by molar-refractivity contribution is 5.70. The van der Waals surface area contributed by atoms with Gasteiger partial charge in [0, 0.05) is 19.2 Å². The molecule has 2 aliphatic rings. The number of carboxylic acids is 1. The molecule has 2 N–H and O–H groups in total. The molecule has 4 nitrogen and oxygen atoms in total. The lowest BCUT2D eigenvalue weighted by Crippen LogP contribution is -2.40. The van der Waals surface area contributed by atoms with Gasteiger partial charge in [-0.05, 0) is 32.1 Å². The first-order valence-corrected chi connectivity index (χ1v) is 6.33. The predicted molar refractivity (Wildman–Crippen MR) is 60.4 cm³/mol. The Hall–Kier alpha value is -0.610. The van der Waals surface area contributed by atoms with Gasteiger partial charge in [0.05, 0.1) is 12.0 Å². The second-order valence-electron chi connectivity index (χ2n) is 4.94. The minimum absolute atomic E-state index is 0.143. The number of hydrogen-bond acceptors (Lipinski definition) is 3. The van der Waals surface area contributed by atoms with Crippen LogP contribution in [0.25, 0.3) is 0 Å². The fraction of sp³-hybridized carbons (Fsp3) is 0.917. The second-order valence-corrected chi connectivity index (χ2v) is 4.94. The molecule has 1 aliphatic heterocycles. The average molecular weight is 227 g/mol. The molecule has 0 aromatic heterocycles. The molecular weight excluding hydrogens is 206 g/mol. The van der Waals surface area contributed by atoms with Gasteiger partial charge in [0.1, 0.15) is 0 Å². The molecule has 0 aromatic rings. The van der Waals surface area contributed by atoms with Gasteiger partial charge in [0.15, 0.2) is 0 Å². The summed E-state index contributed by atoms with van der Waals surface area (Å²) in [5, 5.41) is 12.4. The van der Waals surface area contributed by atoms with Gasteiger partial charge in [-0.2, -0.15) is 0 Å². The van der Waals surface area contributed by atoms with E-state index < -0.39 is 5.97 Å². The quantitative estimate of drug-likeness (QED) is 0.762. The van der Waals surface area contributed by atoms with E-state index in [0.29, 0.717) is 12.1 Å². The molecule has 1 heterocycles. The summed E-state index contributed by atoms with van der Waals surface area (Å²) in [6.07, 6.45) is 6.41. The number of aliphatic carboxylic acids is 1. The molecule has 3 atom stereocenters. The van der Waals surface area contributed by atoms with Crippen molar-refractivity contribution in [1.29, 1.82) is 0 Å². The van der Waals surface area contributed by atoms with Crippen molar-refractivity contribution >= 4 is 5.97 Å². The molecule has 0 aromatic carbocycles. The highest BCUT2D eigenvalue weighted by atomic mass is 16.5. The van der Waals surface area contributed by atoms with Gasteiger partial charge in [0.25, 0.3) is 0 Å². The minimum Gasteiger partial charge on any atom is -0.481 e. The van der Waals surface area contributed by atoms with Crippen LogP contribution in [0.2, 0.25) is 0 Å². The van der Waals surface area contributed by atoms with E-state index in [9.17, 15) is 4.79 Å². The van der Waals surface area contributed by atoms with E-state index >= 15 is 0 Å². The zero-order chi connectivity index (χ0) is 11.4. The zero-order valence-corrected chi connectivity index (χ0v) is 9.65. The summed E-state index contributed by atoms with van der Waals surface area (Å²) >= 11 is 0. The van der Waals surface area contributed by atoms with Crippen molar-refractivity contribution in [3.8, 4) is 0 Å². The van der Waals surface area contributed by atoms with E-state index in [1.807, 2.05) is 0 Å². The number of hydrogen-bond donors (Lipinski definition) is 2. The van der Waals surface area contributed by atoms with E-state index in [4.69, 9.17) is 9.84 Å². The smallest absolute Gasteiger partial charge is 0.306 e. The average Bonchev–Trinajstić information content (AvgIpc) is 2.79. The first-order valence-electron chi connectivity index (χ1n) is 6.33. The molecule has 1 aliphatic carbocycles. The van der Waals surface area contributed by atoms with Gasteiger partial charge in [-0.1, -0.05) is 6.42 Å². The van der Waals surface area contributed by atoms with Crippen LogP contribution in [0.5, 0.6) is 0 Å². The van der Waals surface area contributed by atoms with Crippen molar-refractivity contribution in [3.63, 3.8) is 0 Å². The standard InChI is InChI=1S/C12H21NO3/c14-12(15)9-3-1-4-10(7-9)13-8-11-5-2-6-16-11/h9-11,13H,1-8H2,(H,14,15). The molecule has 2 rings (SSSR count). The third-order valence-electron chi connectivity index (χ3n) is 3.68. The Bertz CT molecular complexity index is 238. The molecule has 1 saturated heterocycles. The summed E-state index contributed by atoms with van der Waals surface area (Å²) in [5.41, 5.74) is 0. The Labute approximate surface area is 96.4 Å². The van der Waals surface area contributed by atoms with Gasteiger partial charge >= 0.3 is 5.97 Å². The van der Waals surface area contributed by atoms with Gasteiger partial charge < -0.3 is 15.2 Å². The number of carbonyl (C=O) groups is 1. The van der Waals surface area contributed by atoms with Crippen molar-refractivity contribution in [2.45, 2.75) is 50.7 Å². The highest BCUT2D eigenvalue weighted by Gasteiger charge is 2.27. The summed E-state index contributed by atoms with van der Waals surface area (Å²) in [6.45, 7) is 1.77. The van der Waals surface area contributed by atoms with Crippen LogP contribution in [-0.4, -0.2) is 36.4 Å². The third-order valence-corrected chi connectivity index (χ3v) is 3.68. The Morgan fingerprint density at radius 2 is 2.19 bits per heavy atom. The lowest BCUT2D eigenvalue weighted by molar-refractivity contribution is -0.143. The van der Waals surface area contributed by atoms with E-state index in [-0.39, 0.29) is 5.92 Å². The molecule has 0 spiro atoms. The maximum Gasteiger partial charge on any atom is 0.306 e. The van der Waals surface area contributed by atoms with E-state index in [0.717, 1.165) is 51.7 Å². The van der Waals surface area contributed by atoms with Crippen LogP contribution < -0.4 is 5.32 Å². The molecule has 0 radical (unpaired) electrons. The Morgan fingerprint density at radius 3 is 2.88 bits per heavy atom. The van der Waals surface area contributed by atoms with Crippen molar-refractivity contribution in [2.75, 3.05) is 13.2 Å². The van der Waals surface area contributed by atoms with Crippen LogP contribution in [0, 0.1) is 5.92 Å². The lowest BCUT2D eigenvalue weighted by atomic mass is 9.86. The van der Waals surface area contributed by atoms with Crippen molar-refractivity contribution in [2.24, 2.45) is 5.92 Å². The number of ether oxygens (including phenoxy) is 1. The Balaban J connectivity index is 1.70. The summed E-state index contributed by atoms with van der Waals surface area (Å²) in [6, 6.07) is 0.374.